The highest BCUT2D eigenvalue weighted by Crippen LogP contribution is 1.93. The Hall–Kier alpha value is -1.92. The summed E-state index contributed by atoms with van der Waals surface area (Å²) < 4.78 is 5.92. The first kappa shape index (κ1) is 12.2. The molecule has 0 aromatic carbocycles. The summed E-state index contributed by atoms with van der Waals surface area (Å²) in [4.78, 5) is 22.2. The summed E-state index contributed by atoms with van der Waals surface area (Å²) in [5, 5.41) is 9.92. The van der Waals surface area contributed by atoms with Crippen molar-refractivity contribution in [3.8, 4) is 0 Å². The summed E-state index contributed by atoms with van der Waals surface area (Å²) in [5.41, 5.74) is 0.264. The van der Waals surface area contributed by atoms with Gasteiger partial charge >= 0.3 is 5.97 Å². The molecule has 0 saturated heterocycles. The molecule has 1 heterocycles. The topological polar surface area (TPSA) is 86.1 Å². The minimum atomic E-state index is -0.294. The van der Waals surface area contributed by atoms with Crippen LogP contribution in [0.1, 0.15) is 23.3 Å². The van der Waals surface area contributed by atoms with Gasteiger partial charge in [0.1, 0.15) is 0 Å². The molecule has 0 aliphatic carbocycles. The molecule has 1 amide bonds. The molecule has 0 bridgehead atoms. The smallest absolute Gasteiger partial charge is 0.305 e. The molecule has 1 aromatic heterocycles. The monoisotopic (exact) mass is 226 g/mol. The SMILES string of the molecule is COC(=O)CCCNC(=O)c1cn(C)nn1. The average Bonchev–Trinajstić information content (AvgIpc) is 2.70. The zero-order valence-corrected chi connectivity index (χ0v) is 9.27. The fourth-order valence-corrected chi connectivity index (χ4v) is 1.08. The van der Waals surface area contributed by atoms with Crippen LogP contribution < -0.4 is 5.32 Å². The molecule has 16 heavy (non-hydrogen) atoms. The van der Waals surface area contributed by atoms with E-state index in [-0.39, 0.29) is 24.0 Å². The number of hydrogen-bond acceptors (Lipinski definition) is 5. The van der Waals surface area contributed by atoms with Crippen LogP contribution in [-0.2, 0) is 16.6 Å². The Balaban J connectivity index is 2.23. The molecule has 7 nitrogen and oxygen atoms in total. The van der Waals surface area contributed by atoms with Gasteiger partial charge in [-0.3, -0.25) is 14.3 Å². The van der Waals surface area contributed by atoms with Crippen LogP contribution in [0.15, 0.2) is 6.20 Å². The van der Waals surface area contributed by atoms with Crippen molar-refractivity contribution in [3.05, 3.63) is 11.9 Å². The minimum Gasteiger partial charge on any atom is -0.469 e. The molecule has 88 valence electrons. The average molecular weight is 226 g/mol. The first-order chi connectivity index (χ1) is 7.63. The number of ether oxygens (including phenoxy) is 1. The molecule has 0 saturated carbocycles. The Morgan fingerprint density at radius 3 is 2.88 bits per heavy atom. The molecule has 0 aliphatic rings. The number of amides is 1. The van der Waals surface area contributed by atoms with Gasteiger partial charge in [-0.25, -0.2) is 0 Å². The Bertz CT molecular complexity index is 375. The Kier molecular flexibility index (Phi) is 4.43. The van der Waals surface area contributed by atoms with E-state index >= 15 is 0 Å². The molecule has 0 atom stereocenters. The van der Waals surface area contributed by atoms with Crippen molar-refractivity contribution in [2.24, 2.45) is 7.05 Å². The normalized spacial score (nSPS) is 9.88. The zero-order valence-electron chi connectivity index (χ0n) is 9.27. The van der Waals surface area contributed by atoms with E-state index < -0.39 is 0 Å². The largest absolute Gasteiger partial charge is 0.469 e. The van der Waals surface area contributed by atoms with Gasteiger partial charge < -0.3 is 10.1 Å². The van der Waals surface area contributed by atoms with Crippen LogP contribution >= 0.6 is 0 Å². The summed E-state index contributed by atoms with van der Waals surface area (Å²) in [6.07, 6.45) is 2.35. The summed E-state index contributed by atoms with van der Waals surface area (Å²) in [6.45, 7) is 0.407. The predicted molar refractivity (Wildman–Crippen MR) is 54.6 cm³/mol. The van der Waals surface area contributed by atoms with E-state index in [0.717, 1.165) is 0 Å². The van der Waals surface area contributed by atoms with Crippen molar-refractivity contribution in [1.29, 1.82) is 0 Å². The maximum Gasteiger partial charge on any atom is 0.305 e. The Morgan fingerprint density at radius 1 is 1.56 bits per heavy atom. The summed E-state index contributed by atoms with van der Waals surface area (Å²) >= 11 is 0. The highest BCUT2D eigenvalue weighted by Gasteiger charge is 2.08. The second-order valence-corrected chi connectivity index (χ2v) is 3.21. The van der Waals surface area contributed by atoms with E-state index in [1.54, 1.807) is 7.05 Å². The van der Waals surface area contributed by atoms with Gasteiger partial charge in [0.2, 0.25) is 0 Å². The number of rotatable bonds is 5. The van der Waals surface area contributed by atoms with Crippen LogP contribution in [0, 0.1) is 0 Å². The fourth-order valence-electron chi connectivity index (χ4n) is 1.08. The third kappa shape index (κ3) is 3.68. The van der Waals surface area contributed by atoms with Gasteiger partial charge in [0.25, 0.3) is 5.91 Å². The number of carbonyl (C=O) groups is 2. The summed E-state index contributed by atoms with van der Waals surface area (Å²) in [6, 6.07) is 0. The quantitative estimate of drug-likeness (QED) is 0.540. The lowest BCUT2D eigenvalue weighted by Gasteiger charge is -2.01. The Labute approximate surface area is 92.8 Å². The maximum atomic E-state index is 11.4. The van der Waals surface area contributed by atoms with Gasteiger partial charge in [0, 0.05) is 20.0 Å². The van der Waals surface area contributed by atoms with Crippen LogP contribution in [0.4, 0.5) is 0 Å². The van der Waals surface area contributed by atoms with Gasteiger partial charge in [-0.05, 0) is 6.42 Å². The van der Waals surface area contributed by atoms with Crippen molar-refractivity contribution in [3.63, 3.8) is 0 Å². The van der Waals surface area contributed by atoms with E-state index in [1.807, 2.05) is 0 Å². The molecule has 0 unspecified atom stereocenters. The van der Waals surface area contributed by atoms with Crippen LogP contribution in [0.5, 0.6) is 0 Å². The van der Waals surface area contributed by atoms with Gasteiger partial charge in [0.15, 0.2) is 5.69 Å². The lowest BCUT2D eigenvalue weighted by molar-refractivity contribution is -0.140. The minimum absolute atomic E-state index is 0.264. The number of aromatic nitrogens is 3. The second-order valence-electron chi connectivity index (χ2n) is 3.21. The lowest BCUT2D eigenvalue weighted by Crippen LogP contribution is -2.25. The van der Waals surface area contributed by atoms with Gasteiger partial charge in [-0.1, -0.05) is 5.21 Å². The second kappa shape index (κ2) is 5.84. The zero-order chi connectivity index (χ0) is 12.0. The van der Waals surface area contributed by atoms with Crippen LogP contribution in [0.2, 0.25) is 0 Å². The van der Waals surface area contributed by atoms with Crippen molar-refractivity contribution in [2.75, 3.05) is 13.7 Å². The molecule has 1 aromatic rings. The van der Waals surface area contributed by atoms with E-state index in [1.165, 1.54) is 18.0 Å². The van der Waals surface area contributed by atoms with Crippen molar-refractivity contribution in [2.45, 2.75) is 12.8 Å². The summed E-state index contributed by atoms with van der Waals surface area (Å²) in [5.74, 6) is -0.577. The third-order valence-corrected chi connectivity index (χ3v) is 1.91. The summed E-state index contributed by atoms with van der Waals surface area (Å²) in [7, 11) is 3.02. The van der Waals surface area contributed by atoms with E-state index in [9.17, 15) is 9.59 Å². The highest BCUT2D eigenvalue weighted by molar-refractivity contribution is 5.91. The molecule has 0 aliphatic heterocycles. The standard InChI is InChI=1S/C9H14N4O3/c1-13-6-7(11-12-13)9(15)10-5-3-4-8(14)16-2/h6H,3-5H2,1-2H3,(H,10,15). The predicted octanol–water partition coefficient (Wildman–Crippen LogP) is -0.502. The molecule has 1 N–H and O–H groups in total. The molecule has 0 fully saturated rings. The van der Waals surface area contributed by atoms with Crippen LogP contribution in [0.3, 0.4) is 0 Å². The fraction of sp³-hybridized carbons (Fsp3) is 0.556. The lowest BCUT2D eigenvalue weighted by atomic mass is 10.3. The first-order valence-corrected chi connectivity index (χ1v) is 4.85. The van der Waals surface area contributed by atoms with E-state index in [4.69, 9.17) is 0 Å². The van der Waals surface area contributed by atoms with Gasteiger partial charge in [-0.2, -0.15) is 0 Å². The highest BCUT2D eigenvalue weighted by atomic mass is 16.5. The molecule has 0 spiro atoms. The number of hydrogen-bond donors (Lipinski definition) is 1. The van der Waals surface area contributed by atoms with Crippen molar-refractivity contribution in [1.82, 2.24) is 20.3 Å². The third-order valence-electron chi connectivity index (χ3n) is 1.91. The maximum absolute atomic E-state index is 11.4. The molecular weight excluding hydrogens is 212 g/mol. The number of esters is 1. The van der Waals surface area contributed by atoms with E-state index in [0.29, 0.717) is 13.0 Å². The molecule has 7 heteroatoms. The molecular formula is C9H14N4O3. The van der Waals surface area contributed by atoms with Gasteiger partial charge in [0.05, 0.1) is 13.3 Å². The van der Waals surface area contributed by atoms with Crippen LogP contribution in [-0.4, -0.2) is 40.5 Å². The Morgan fingerprint density at radius 2 is 2.31 bits per heavy atom. The van der Waals surface area contributed by atoms with Crippen LogP contribution in [0.25, 0.3) is 0 Å². The van der Waals surface area contributed by atoms with Crippen molar-refractivity contribution >= 4 is 11.9 Å². The molecule has 0 radical (unpaired) electrons. The first-order valence-electron chi connectivity index (χ1n) is 4.85. The van der Waals surface area contributed by atoms with Crippen molar-refractivity contribution < 1.29 is 14.3 Å². The number of carbonyl (C=O) groups excluding carboxylic acids is 2. The molecule has 1 rings (SSSR count). The van der Waals surface area contributed by atoms with E-state index in [2.05, 4.69) is 20.4 Å². The number of methoxy groups -OCH3 is 1. The number of nitrogens with one attached hydrogen (secondary N) is 1. The van der Waals surface area contributed by atoms with Gasteiger partial charge in [-0.15, -0.1) is 5.10 Å². The number of nitrogens with zero attached hydrogens (tertiary/aromatic N) is 3. The number of aryl methyl sites for hydroxylation is 1.